The number of amides is 2. The lowest BCUT2D eigenvalue weighted by Crippen LogP contribution is -2.50. The Labute approximate surface area is 142 Å². The standard InChI is InChI=1S/C18H26N2O4/c21-13-16(12-14-4-2-1-3-5-14)20-17(22)19-15-6-8-18(9-7-15)23-10-11-24-18/h1-5,15-16,21H,6-13H2,(H2,19,20,22)/t16-/m0/s1. The van der Waals surface area contributed by atoms with E-state index in [4.69, 9.17) is 9.47 Å². The maximum absolute atomic E-state index is 12.2. The molecule has 3 rings (SSSR count). The summed E-state index contributed by atoms with van der Waals surface area (Å²) in [5.74, 6) is -0.407. The molecule has 1 aliphatic heterocycles. The molecule has 2 amide bonds. The van der Waals surface area contributed by atoms with Crippen LogP contribution in [0.15, 0.2) is 30.3 Å². The number of aliphatic hydroxyl groups is 1. The number of urea groups is 1. The lowest BCUT2D eigenvalue weighted by molar-refractivity contribution is -0.179. The van der Waals surface area contributed by atoms with Gasteiger partial charge in [0.2, 0.25) is 0 Å². The van der Waals surface area contributed by atoms with E-state index >= 15 is 0 Å². The predicted molar refractivity (Wildman–Crippen MR) is 89.6 cm³/mol. The van der Waals surface area contributed by atoms with Crippen molar-refractivity contribution in [1.82, 2.24) is 10.6 Å². The Hall–Kier alpha value is -1.63. The summed E-state index contributed by atoms with van der Waals surface area (Å²) in [4.78, 5) is 12.2. The molecule has 1 spiro atoms. The molecule has 132 valence electrons. The summed E-state index contributed by atoms with van der Waals surface area (Å²) in [6.07, 6.45) is 3.92. The quantitative estimate of drug-likeness (QED) is 0.764. The van der Waals surface area contributed by atoms with Crippen molar-refractivity contribution in [3.05, 3.63) is 35.9 Å². The molecule has 6 nitrogen and oxygen atoms in total. The second-order valence-corrected chi connectivity index (χ2v) is 6.57. The van der Waals surface area contributed by atoms with E-state index in [1.807, 2.05) is 30.3 Å². The van der Waals surface area contributed by atoms with Crippen molar-refractivity contribution in [3.63, 3.8) is 0 Å². The van der Waals surface area contributed by atoms with Crippen molar-refractivity contribution in [2.45, 2.75) is 50.0 Å². The Morgan fingerprint density at radius 2 is 1.88 bits per heavy atom. The maximum atomic E-state index is 12.2. The Bertz CT molecular complexity index is 521. The molecule has 3 N–H and O–H groups in total. The number of hydrogen-bond donors (Lipinski definition) is 3. The van der Waals surface area contributed by atoms with E-state index in [1.165, 1.54) is 0 Å². The van der Waals surface area contributed by atoms with E-state index in [1.54, 1.807) is 0 Å². The molecular formula is C18H26N2O4. The minimum Gasteiger partial charge on any atom is -0.394 e. The molecule has 0 aromatic heterocycles. The van der Waals surface area contributed by atoms with Gasteiger partial charge in [0, 0.05) is 18.9 Å². The average Bonchev–Trinajstić information content (AvgIpc) is 3.06. The number of nitrogens with one attached hydrogen (secondary N) is 2. The van der Waals surface area contributed by atoms with E-state index in [2.05, 4.69) is 10.6 Å². The zero-order chi connectivity index (χ0) is 16.8. The summed E-state index contributed by atoms with van der Waals surface area (Å²) in [5, 5.41) is 15.4. The van der Waals surface area contributed by atoms with Crippen LogP contribution in [0.3, 0.4) is 0 Å². The average molecular weight is 334 g/mol. The normalized spacial score (nSPS) is 21.5. The molecule has 1 saturated carbocycles. The topological polar surface area (TPSA) is 79.8 Å². The fourth-order valence-electron chi connectivity index (χ4n) is 3.46. The van der Waals surface area contributed by atoms with Crippen LogP contribution in [0.1, 0.15) is 31.2 Å². The Morgan fingerprint density at radius 1 is 1.21 bits per heavy atom. The minimum atomic E-state index is -0.407. The number of carbonyl (C=O) groups excluding carboxylic acids is 1. The molecule has 1 heterocycles. The summed E-state index contributed by atoms with van der Waals surface area (Å²) >= 11 is 0. The summed E-state index contributed by atoms with van der Waals surface area (Å²) < 4.78 is 11.4. The first-order valence-corrected chi connectivity index (χ1v) is 8.69. The number of benzene rings is 1. The molecule has 1 aromatic rings. The predicted octanol–water partition coefficient (Wildman–Crippen LogP) is 1.57. The van der Waals surface area contributed by atoms with Gasteiger partial charge >= 0.3 is 6.03 Å². The molecule has 6 heteroatoms. The van der Waals surface area contributed by atoms with E-state index in [9.17, 15) is 9.90 Å². The first-order chi connectivity index (χ1) is 11.7. The maximum Gasteiger partial charge on any atom is 0.315 e. The van der Waals surface area contributed by atoms with E-state index in [0.29, 0.717) is 19.6 Å². The van der Waals surface area contributed by atoms with Crippen LogP contribution in [0.4, 0.5) is 4.79 Å². The highest BCUT2D eigenvalue weighted by molar-refractivity contribution is 5.74. The van der Waals surface area contributed by atoms with Gasteiger partial charge < -0.3 is 25.2 Å². The molecule has 2 fully saturated rings. The smallest absolute Gasteiger partial charge is 0.315 e. The largest absolute Gasteiger partial charge is 0.394 e. The first kappa shape index (κ1) is 17.2. The van der Waals surface area contributed by atoms with Crippen LogP contribution in [0.25, 0.3) is 0 Å². The minimum absolute atomic E-state index is 0.0855. The van der Waals surface area contributed by atoms with Crippen LogP contribution in [-0.4, -0.2) is 48.8 Å². The number of aliphatic hydroxyl groups excluding tert-OH is 1. The SMILES string of the molecule is O=C(NC1CCC2(CC1)OCCO2)N[C@H](CO)Cc1ccccc1. The highest BCUT2D eigenvalue weighted by atomic mass is 16.7. The number of carbonyl (C=O) groups is 1. The molecule has 0 radical (unpaired) electrons. The Kier molecular flexibility index (Phi) is 5.71. The van der Waals surface area contributed by atoms with Gasteiger partial charge in [-0.3, -0.25) is 0 Å². The molecule has 2 aliphatic rings. The van der Waals surface area contributed by atoms with Crippen LogP contribution in [-0.2, 0) is 15.9 Å². The molecule has 1 saturated heterocycles. The third kappa shape index (κ3) is 4.47. The van der Waals surface area contributed by atoms with Crippen LogP contribution < -0.4 is 10.6 Å². The van der Waals surface area contributed by atoms with Gasteiger partial charge in [0.15, 0.2) is 5.79 Å². The lowest BCUT2D eigenvalue weighted by Gasteiger charge is -2.35. The van der Waals surface area contributed by atoms with Crippen molar-refractivity contribution in [2.24, 2.45) is 0 Å². The van der Waals surface area contributed by atoms with Crippen LogP contribution in [0, 0.1) is 0 Å². The second-order valence-electron chi connectivity index (χ2n) is 6.57. The zero-order valence-electron chi connectivity index (χ0n) is 13.9. The summed E-state index contributed by atoms with van der Waals surface area (Å²) in [6.45, 7) is 1.24. The number of hydrogen-bond acceptors (Lipinski definition) is 4. The van der Waals surface area contributed by atoms with Crippen LogP contribution >= 0.6 is 0 Å². The van der Waals surface area contributed by atoms with Gasteiger partial charge in [-0.15, -0.1) is 0 Å². The Morgan fingerprint density at radius 3 is 2.50 bits per heavy atom. The van der Waals surface area contributed by atoms with E-state index in [-0.39, 0.29) is 24.7 Å². The molecule has 1 aliphatic carbocycles. The summed E-state index contributed by atoms with van der Waals surface area (Å²) in [5.41, 5.74) is 1.09. The highest BCUT2D eigenvalue weighted by Gasteiger charge is 2.40. The van der Waals surface area contributed by atoms with Gasteiger partial charge in [-0.1, -0.05) is 30.3 Å². The van der Waals surface area contributed by atoms with Crippen LogP contribution in [0.2, 0.25) is 0 Å². The van der Waals surface area contributed by atoms with Gasteiger partial charge in [-0.2, -0.15) is 0 Å². The van der Waals surface area contributed by atoms with Gasteiger partial charge in [-0.05, 0) is 24.8 Å². The van der Waals surface area contributed by atoms with Crippen molar-refractivity contribution >= 4 is 6.03 Å². The van der Waals surface area contributed by atoms with Crippen LogP contribution in [0.5, 0.6) is 0 Å². The molecule has 0 bridgehead atoms. The fourth-order valence-corrected chi connectivity index (χ4v) is 3.46. The third-order valence-electron chi connectivity index (χ3n) is 4.78. The second kappa shape index (κ2) is 7.96. The lowest BCUT2D eigenvalue weighted by atomic mass is 9.90. The summed E-state index contributed by atoms with van der Waals surface area (Å²) in [6, 6.07) is 9.45. The van der Waals surface area contributed by atoms with Gasteiger partial charge in [-0.25, -0.2) is 4.79 Å². The fraction of sp³-hybridized carbons (Fsp3) is 0.611. The zero-order valence-corrected chi connectivity index (χ0v) is 13.9. The molecule has 1 aromatic carbocycles. The molecule has 1 atom stereocenters. The van der Waals surface area contributed by atoms with Gasteiger partial charge in [0.25, 0.3) is 0 Å². The van der Waals surface area contributed by atoms with Crippen molar-refractivity contribution in [2.75, 3.05) is 19.8 Å². The molecular weight excluding hydrogens is 308 g/mol. The highest BCUT2D eigenvalue weighted by Crippen LogP contribution is 2.35. The van der Waals surface area contributed by atoms with Crippen molar-refractivity contribution < 1.29 is 19.4 Å². The first-order valence-electron chi connectivity index (χ1n) is 8.69. The Balaban J connectivity index is 1.43. The molecule has 24 heavy (non-hydrogen) atoms. The van der Waals surface area contributed by atoms with E-state index in [0.717, 1.165) is 31.2 Å². The van der Waals surface area contributed by atoms with Gasteiger partial charge in [0.1, 0.15) is 0 Å². The number of rotatable bonds is 5. The third-order valence-corrected chi connectivity index (χ3v) is 4.78. The van der Waals surface area contributed by atoms with Crippen molar-refractivity contribution in [1.29, 1.82) is 0 Å². The monoisotopic (exact) mass is 334 g/mol. The van der Waals surface area contributed by atoms with Gasteiger partial charge in [0.05, 0.1) is 25.9 Å². The number of ether oxygens (including phenoxy) is 2. The molecule has 0 unspecified atom stereocenters. The van der Waals surface area contributed by atoms with E-state index < -0.39 is 5.79 Å². The summed E-state index contributed by atoms with van der Waals surface area (Å²) in [7, 11) is 0. The van der Waals surface area contributed by atoms with Crippen molar-refractivity contribution in [3.8, 4) is 0 Å².